The van der Waals surface area contributed by atoms with Crippen molar-refractivity contribution < 1.29 is 9.47 Å². The number of rotatable bonds is 2. The quantitative estimate of drug-likeness (QED) is 0.752. The summed E-state index contributed by atoms with van der Waals surface area (Å²) >= 11 is 0. The highest BCUT2D eigenvalue weighted by atomic mass is 16.5. The molecule has 0 heterocycles. The van der Waals surface area contributed by atoms with Crippen molar-refractivity contribution in [2.24, 2.45) is 0 Å². The number of benzene rings is 2. The summed E-state index contributed by atoms with van der Waals surface area (Å²) in [6.45, 7) is 0. The van der Waals surface area contributed by atoms with Crippen LogP contribution in [0.4, 0.5) is 0 Å². The van der Waals surface area contributed by atoms with E-state index in [1.54, 1.807) is 14.2 Å². The average Bonchev–Trinajstić information content (AvgIpc) is 3.06. The van der Waals surface area contributed by atoms with Crippen LogP contribution in [0.3, 0.4) is 0 Å². The van der Waals surface area contributed by atoms with Gasteiger partial charge in [0.1, 0.15) is 11.5 Å². The van der Waals surface area contributed by atoms with E-state index < -0.39 is 0 Å². The van der Waals surface area contributed by atoms with Gasteiger partial charge in [-0.3, -0.25) is 0 Å². The van der Waals surface area contributed by atoms with E-state index in [4.69, 9.17) is 9.47 Å². The van der Waals surface area contributed by atoms with E-state index in [1.165, 1.54) is 17.5 Å². The van der Waals surface area contributed by atoms with Gasteiger partial charge in [0.25, 0.3) is 0 Å². The third-order valence-electron chi connectivity index (χ3n) is 4.43. The Kier molecular flexibility index (Phi) is 2.16. The fraction of sp³-hybridized carbons (Fsp3) is 0.294. The number of hydrogen-bond donors (Lipinski definition) is 0. The van der Waals surface area contributed by atoms with Gasteiger partial charge in [-0.05, 0) is 6.42 Å². The normalized spacial score (nSPS) is 22.8. The van der Waals surface area contributed by atoms with Crippen LogP contribution in [0.25, 0.3) is 10.8 Å². The third kappa shape index (κ3) is 1.26. The molecule has 2 aliphatic rings. The summed E-state index contributed by atoms with van der Waals surface area (Å²) in [5.41, 5.74) is 2.68. The fourth-order valence-corrected chi connectivity index (χ4v) is 3.72. The number of ether oxygens (including phenoxy) is 2. The number of fused-ring (bicyclic) bond motifs is 6. The van der Waals surface area contributed by atoms with E-state index in [1.807, 2.05) is 0 Å². The maximum atomic E-state index is 5.73. The van der Waals surface area contributed by atoms with Crippen LogP contribution in [0.5, 0.6) is 11.5 Å². The zero-order valence-corrected chi connectivity index (χ0v) is 11.1. The molecule has 0 radical (unpaired) electrons. The van der Waals surface area contributed by atoms with Gasteiger partial charge < -0.3 is 9.47 Å². The molecule has 2 atom stereocenters. The third-order valence-corrected chi connectivity index (χ3v) is 4.43. The molecule has 0 fully saturated rings. The molecule has 2 unspecified atom stereocenters. The van der Waals surface area contributed by atoms with Gasteiger partial charge >= 0.3 is 0 Å². The summed E-state index contributed by atoms with van der Waals surface area (Å²) in [5.74, 6) is 3.05. The Morgan fingerprint density at radius 3 is 1.74 bits per heavy atom. The summed E-state index contributed by atoms with van der Waals surface area (Å²) < 4.78 is 11.5. The van der Waals surface area contributed by atoms with Crippen LogP contribution < -0.4 is 9.47 Å². The van der Waals surface area contributed by atoms with E-state index in [0.29, 0.717) is 11.8 Å². The highest BCUT2D eigenvalue weighted by molar-refractivity contribution is 5.97. The molecule has 96 valence electrons. The number of allylic oxidation sites excluding steroid dienone is 2. The molecular formula is C17H16O2. The van der Waals surface area contributed by atoms with E-state index in [0.717, 1.165) is 22.3 Å². The standard InChI is InChI=1S/C17H16O2/c1-18-16-12-5-3-4-6-13(12)17(19-2)15-11-8-7-10(9-11)14(15)16/h3-8,10-11H,9H2,1-2H3. The Morgan fingerprint density at radius 1 is 0.842 bits per heavy atom. The molecule has 0 N–H and O–H groups in total. The molecule has 2 aromatic carbocycles. The minimum atomic E-state index is 0.494. The Hall–Kier alpha value is -1.96. The maximum Gasteiger partial charge on any atom is 0.131 e. The Labute approximate surface area is 112 Å². The molecule has 2 heteroatoms. The topological polar surface area (TPSA) is 18.5 Å². The van der Waals surface area contributed by atoms with Gasteiger partial charge in [-0.15, -0.1) is 0 Å². The van der Waals surface area contributed by atoms with Crippen LogP contribution in [-0.4, -0.2) is 14.2 Å². The first-order valence-corrected chi connectivity index (χ1v) is 6.70. The van der Waals surface area contributed by atoms with Gasteiger partial charge in [-0.2, -0.15) is 0 Å². The van der Waals surface area contributed by atoms with E-state index >= 15 is 0 Å². The van der Waals surface area contributed by atoms with E-state index in [-0.39, 0.29) is 0 Å². The molecule has 4 rings (SSSR count). The van der Waals surface area contributed by atoms with Crippen molar-refractivity contribution in [1.29, 1.82) is 0 Å². The van der Waals surface area contributed by atoms with Gasteiger partial charge in [0.15, 0.2) is 0 Å². The van der Waals surface area contributed by atoms with Crippen molar-refractivity contribution in [2.45, 2.75) is 18.3 Å². The van der Waals surface area contributed by atoms with Gasteiger partial charge in [0, 0.05) is 33.7 Å². The highest BCUT2D eigenvalue weighted by Crippen LogP contribution is 2.57. The maximum absolute atomic E-state index is 5.73. The largest absolute Gasteiger partial charge is 0.496 e. The fourth-order valence-electron chi connectivity index (χ4n) is 3.72. The summed E-state index contributed by atoms with van der Waals surface area (Å²) in [5, 5.41) is 2.31. The van der Waals surface area contributed by atoms with Crippen LogP contribution in [0.1, 0.15) is 29.4 Å². The highest BCUT2D eigenvalue weighted by Gasteiger charge is 2.39. The lowest BCUT2D eigenvalue weighted by Crippen LogP contribution is -2.02. The molecule has 2 aromatic rings. The molecule has 2 nitrogen and oxygen atoms in total. The van der Waals surface area contributed by atoms with Crippen molar-refractivity contribution in [2.75, 3.05) is 14.2 Å². The van der Waals surface area contributed by atoms with Crippen molar-refractivity contribution in [3.05, 3.63) is 47.5 Å². The van der Waals surface area contributed by atoms with Crippen LogP contribution in [0, 0.1) is 0 Å². The predicted octanol–water partition coefficient (Wildman–Crippen LogP) is 4.00. The van der Waals surface area contributed by atoms with E-state index in [9.17, 15) is 0 Å². The molecule has 2 bridgehead atoms. The Balaban J connectivity index is 2.18. The molecule has 0 spiro atoms. The van der Waals surface area contributed by atoms with Crippen LogP contribution in [-0.2, 0) is 0 Å². The Bertz CT molecular complexity index is 641. The summed E-state index contributed by atoms with van der Waals surface area (Å²) in [7, 11) is 3.54. The summed E-state index contributed by atoms with van der Waals surface area (Å²) in [6, 6.07) is 8.35. The molecule has 2 aliphatic carbocycles. The van der Waals surface area contributed by atoms with Crippen molar-refractivity contribution >= 4 is 10.8 Å². The lowest BCUT2D eigenvalue weighted by atomic mass is 9.91. The molecule has 0 saturated heterocycles. The molecule has 0 amide bonds. The summed E-state index contributed by atoms with van der Waals surface area (Å²) in [4.78, 5) is 0. The lowest BCUT2D eigenvalue weighted by Gasteiger charge is -2.21. The van der Waals surface area contributed by atoms with Crippen LogP contribution in [0.15, 0.2) is 36.4 Å². The SMILES string of the molecule is COc1c2c(c(OC)c3ccccc13)C1C=CC2C1. The van der Waals surface area contributed by atoms with Gasteiger partial charge in [-0.25, -0.2) is 0 Å². The second-order valence-corrected chi connectivity index (χ2v) is 5.27. The lowest BCUT2D eigenvalue weighted by molar-refractivity contribution is 0.404. The van der Waals surface area contributed by atoms with Gasteiger partial charge in [-0.1, -0.05) is 36.4 Å². The number of hydrogen-bond acceptors (Lipinski definition) is 2. The van der Waals surface area contributed by atoms with Crippen molar-refractivity contribution in [1.82, 2.24) is 0 Å². The zero-order valence-electron chi connectivity index (χ0n) is 11.1. The molecule has 0 aliphatic heterocycles. The molecule has 0 aromatic heterocycles. The van der Waals surface area contributed by atoms with Crippen molar-refractivity contribution in [3.63, 3.8) is 0 Å². The first-order chi connectivity index (χ1) is 9.35. The monoisotopic (exact) mass is 252 g/mol. The first kappa shape index (κ1) is 10.9. The van der Waals surface area contributed by atoms with Crippen LogP contribution >= 0.6 is 0 Å². The molecule has 0 saturated carbocycles. The second-order valence-electron chi connectivity index (χ2n) is 5.27. The van der Waals surface area contributed by atoms with E-state index in [2.05, 4.69) is 36.4 Å². The minimum Gasteiger partial charge on any atom is -0.496 e. The van der Waals surface area contributed by atoms with Gasteiger partial charge in [0.2, 0.25) is 0 Å². The first-order valence-electron chi connectivity index (χ1n) is 6.70. The Morgan fingerprint density at radius 2 is 1.32 bits per heavy atom. The molecular weight excluding hydrogens is 236 g/mol. The van der Waals surface area contributed by atoms with Gasteiger partial charge in [0.05, 0.1) is 14.2 Å². The van der Waals surface area contributed by atoms with Crippen LogP contribution in [0.2, 0.25) is 0 Å². The average molecular weight is 252 g/mol. The smallest absolute Gasteiger partial charge is 0.131 e. The minimum absolute atomic E-state index is 0.494. The molecule has 19 heavy (non-hydrogen) atoms. The zero-order chi connectivity index (χ0) is 13.0. The summed E-state index contributed by atoms with van der Waals surface area (Å²) in [6.07, 6.45) is 5.78. The number of methoxy groups -OCH3 is 2. The predicted molar refractivity (Wildman–Crippen MR) is 76.3 cm³/mol. The second kappa shape index (κ2) is 3.77. The van der Waals surface area contributed by atoms with Crippen molar-refractivity contribution in [3.8, 4) is 11.5 Å².